The third-order valence-electron chi connectivity index (χ3n) is 10.9. The molecule has 2 atom stereocenters. The van der Waals surface area contributed by atoms with Crippen molar-refractivity contribution in [2.75, 3.05) is 13.2 Å². The largest absolute Gasteiger partial charge is 0.488 e. The molecule has 0 saturated carbocycles. The van der Waals surface area contributed by atoms with Gasteiger partial charge >= 0.3 is 11.9 Å². The average Bonchev–Trinajstić information content (AvgIpc) is 3.28. The molecule has 68 heavy (non-hydrogen) atoms. The highest BCUT2D eigenvalue weighted by atomic mass is 35.5. The number of hydrogen-bond donors (Lipinski definition) is 6. The lowest BCUT2D eigenvalue weighted by Gasteiger charge is -2.19. The smallest absolute Gasteiger partial charge is 0.323 e. The molecular weight excluding hydrogens is 935 g/mol. The first kappa shape index (κ1) is 51.0. The van der Waals surface area contributed by atoms with Gasteiger partial charge in [-0.25, -0.2) is 17.6 Å². The molecule has 0 aliphatic carbocycles. The van der Waals surface area contributed by atoms with E-state index in [4.69, 9.17) is 42.1 Å². The minimum Gasteiger partial charge on any atom is -0.488 e. The molecule has 0 spiro atoms. The van der Waals surface area contributed by atoms with Crippen LogP contribution < -0.4 is 29.6 Å². The van der Waals surface area contributed by atoms with E-state index in [-0.39, 0.29) is 83.7 Å². The molecule has 6 aromatic rings. The van der Waals surface area contributed by atoms with Gasteiger partial charge in [0.2, 0.25) is 0 Å². The van der Waals surface area contributed by atoms with Crippen LogP contribution in [0, 0.1) is 37.1 Å². The van der Waals surface area contributed by atoms with Crippen molar-refractivity contribution in [1.29, 1.82) is 0 Å². The fourth-order valence-electron chi connectivity index (χ4n) is 7.13. The fraction of sp³-hybridized carbons (Fsp3) is 0.240. The predicted molar refractivity (Wildman–Crippen MR) is 245 cm³/mol. The van der Waals surface area contributed by atoms with Crippen LogP contribution in [0.4, 0.5) is 17.6 Å². The maximum Gasteiger partial charge on any atom is 0.323 e. The number of carboxylic acids is 2. The summed E-state index contributed by atoms with van der Waals surface area (Å²) in [5.41, 5.74) is 6.36. The number of carboxylic acid groups (broad SMARTS) is 2. The number of hydrogen-bond acceptors (Lipinski definition) is 10. The third-order valence-corrected chi connectivity index (χ3v) is 11.4. The van der Waals surface area contributed by atoms with Crippen LogP contribution in [0.15, 0.2) is 97.1 Å². The van der Waals surface area contributed by atoms with Crippen molar-refractivity contribution >= 4 is 35.1 Å². The first-order valence-electron chi connectivity index (χ1n) is 20.9. The molecule has 6 rings (SSSR count). The Balaban J connectivity index is 1.21. The number of carbonyl (C=O) groups is 2. The topological polar surface area (TPSA) is 176 Å². The minimum absolute atomic E-state index is 0.0541. The van der Waals surface area contributed by atoms with Gasteiger partial charge in [-0.15, -0.1) is 0 Å². The van der Waals surface area contributed by atoms with Crippen LogP contribution in [0.5, 0.6) is 23.0 Å². The second-order valence-corrected chi connectivity index (χ2v) is 16.4. The zero-order chi connectivity index (χ0) is 49.1. The zero-order valence-electron chi connectivity index (χ0n) is 36.6. The molecule has 0 bridgehead atoms. The molecule has 12 nitrogen and oxygen atoms in total. The minimum atomic E-state index is -1.29. The molecule has 0 radical (unpaired) electrons. The quantitative estimate of drug-likeness (QED) is 0.0336. The number of nitrogens with one attached hydrogen (secondary N) is 2. The van der Waals surface area contributed by atoms with Crippen molar-refractivity contribution in [3.8, 4) is 34.1 Å². The van der Waals surface area contributed by atoms with Crippen LogP contribution in [-0.2, 0) is 49.1 Å². The molecule has 6 aromatic carbocycles. The van der Waals surface area contributed by atoms with E-state index in [1.54, 1.807) is 0 Å². The lowest BCUT2D eigenvalue weighted by molar-refractivity contribution is -0.141. The first-order chi connectivity index (χ1) is 32.5. The maximum atomic E-state index is 14.0. The van der Waals surface area contributed by atoms with E-state index in [1.165, 1.54) is 24.3 Å². The van der Waals surface area contributed by atoms with Gasteiger partial charge in [0.05, 0.1) is 23.3 Å². The number of aliphatic hydroxyl groups is 2. The predicted octanol–water partition coefficient (Wildman–Crippen LogP) is 9.22. The number of benzene rings is 6. The van der Waals surface area contributed by atoms with E-state index in [9.17, 15) is 47.6 Å². The Morgan fingerprint density at radius 3 is 1.21 bits per heavy atom. The standard InChI is InChI=1S/C50H46Cl2F4N2O10/c1-27-31(25-67-47-17-45(65-23-29-9-35(53)15-36(54)10-29)33(13-41(47)51)19-57-43(21-59)49(61)62)5-3-7-39(27)40-8-4-6-32(28(40)2)26-68-48-18-46(66-24-30-11-37(55)16-38(56)12-30)34(14-42(48)52)20-58-44(22-60)50(63)64/h3-18,43-44,57-60H,19-26H2,1-2H3,(H,61,62)(H,63,64)/t43-,44-/m0/s1. The lowest BCUT2D eigenvalue weighted by Crippen LogP contribution is -2.39. The second kappa shape index (κ2) is 23.6. The van der Waals surface area contributed by atoms with Crippen molar-refractivity contribution in [2.45, 2.75) is 65.4 Å². The van der Waals surface area contributed by atoms with E-state index in [0.717, 1.165) is 69.8 Å². The van der Waals surface area contributed by atoms with Gasteiger partial charge in [0.1, 0.15) is 84.8 Å². The monoisotopic (exact) mass is 980 g/mol. The summed E-state index contributed by atoms with van der Waals surface area (Å²) < 4.78 is 80.2. The molecular formula is C50H46Cl2F4N2O10. The SMILES string of the molecule is Cc1c(COc2cc(OCc3cc(F)cc(F)c3)c(CN[C@@H](CO)C(=O)O)cc2Cl)cccc1-c1cccc(COc2cc(OCc3cc(F)cc(F)c3)c(CN[C@@H](CO)C(=O)O)cc2Cl)c1C. The van der Waals surface area contributed by atoms with E-state index in [0.29, 0.717) is 11.1 Å². The highest BCUT2D eigenvalue weighted by molar-refractivity contribution is 6.32. The Morgan fingerprint density at radius 2 is 0.868 bits per heavy atom. The summed E-state index contributed by atoms with van der Waals surface area (Å²) in [7, 11) is 0. The molecule has 0 saturated heterocycles. The van der Waals surface area contributed by atoms with Crippen molar-refractivity contribution < 1.29 is 66.5 Å². The van der Waals surface area contributed by atoms with E-state index in [1.807, 2.05) is 50.2 Å². The summed E-state index contributed by atoms with van der Waals surface area (Å²) in [5, 5.41) is 43.6. The molecule has 0 unspecified atom stereocenters. The molecule has 0 heterocycles. The summed E-state index contributed by atoms with van der Waals surface area (Å²) >= 11 is 13.4. The van der Waals surface area contributed by atoms with Crippen LogP contribution in [-0.4, -0.2) is 57.7 Å². The van der Waals surface area contributed by atoms with Gasteiger partial charge in [0, 0.05) is 48.5 Å². The van der Waals surface area contributed by atoms with Crippen molar-refractivity contribution in [3.63, 3.8) is 0 Å². The normalized spacial score (nSPS) is 12.1. The number of aliphatic hydroxyl groups excluding tert-OH is 2. The lowest BCUT2D eigenvalue weighted by atomic mass is 9.92. The molecule has 358 valence electrons. The van der Waals surface area contributed by atoms with E-state index >= 15 is 0 Å². The Kier molecular flexibility index (Phi) is 17.7. The summed E-state index contributed by atoms with van der Waals surface area (Å²) in [6.07, 6.45) is 0. The summed E-state index contributed by atoms with van der Waals surface area (Å²) in [6, 6.07) is 20.9. The number of rotatable bonds is 23. The molecule has 0 aromatic heterocycles. The van der Waals surface area contributed by atoms with E-state index < -0.39 is 60.5 Å². The summed E-state index contributed by atoms with van der Waals surface area (Å²) in [5.74, 6) is -4.90. The molecule has 0 aliphatic heterocycles. The van der Waals surface area contributed by atoms with Crippen LogP contribution in [0.3, 0.4) is 0 Å². The summed E-state index contributed by atoms with van der Waals surface area (Å²) in [4.78, 5) is 23.1. The Hall–Kier alpha value is -6.40. The molecule has 18 heteroatoms. The number of aliphatic carboxylic acids is 2. The van der Waals surface area contributed by atoms with Gasteiger partial charge in [-0.2, -0.15) is 0 Å². The average molecular weight is 982 g/mol. The second-order valence-electron chi connectivity index (χ2n) is 15.6. The van der Waals surface area contributed by atoms with Gasteiger partial charge in [-0.3, -0.25) is 20.2 Å². The molecule has 0 aliphatic rings. The molecule has 6 N–H and O–H groups in total. The van der Waals surface area contributed by atoms with Crippen LogP contribution in [0.25, 0.3) is 11.1 Å². The van der Waals surface area contributed by atoms with Gasteiger partial charge in [0.25, 0.3) is 0 Å². The summed E-state index contributed by atoms with van der Waals surface area (Å²) in [6.45, 7) is 1.95. The van der Waals surface area contributed by atoms with Gasteiger partial charge in [0.15, 0.2) is 0 Å². The van der Waals surface area contributed by atoms with Crippen molar-refractivity contribution in [3.05, 3.63) is 175 Å². The van der Waals surface area contributed by atoms with Crippen molar-refractivity contribution in [1.82, 2.24) is 10.6 Å². The molecule has 0 fully saturated rings. The third kappa shape index (κ3) is 13.4. The van der Waals surface area contributed by atoms with Gasteiger partial charge < -0.3 is 39.4 Å². The maximum absolute atomic E-state index is 14.0. The molecule has 0 amide bonds. The number of halogens is 6. The Labute approximate surface area is 398 Å². The highest BCUT2D eigenvalue weighted by Crippen LogP contribution is 2.37. The fourth-order valence-corrected chi connectivity index (χ4v) is 7.61. The zero-order valence-corrected chi connectivity index (χ0v) is 38.1. The van der Waals surface area contributed by atoms with Crippen LogP contribution in [0.2, 0.25) is 10.0 Å². The Bertz CT molecular complexity index is 2550. The van der Waals surface area contributed by atoms with Gasteiger partial charge in [-0.1, -0.05) is 59.6 Å². The van der Waals surface area contributed by atoms with Crippen LogP contribution >= 0.6 is 23.2 Å². The van der Waals surface area contributed by atoms with E-state index in [2.05, 4.69) is 10.6 Å². The van der Waals surface area contributed by atoms with Crippen LogP contribution in [0.1, 0.15) is 44.5 Å². The van der Waals surface area contributed by atoms with Crippen molar-refractivity contribution in [2.24, 2.45) is 0 Å². The number of ether oxygens (including phenoxy) is 4. The van der Waals surface area contributed by atoms with Gasteiger partial charge in [-0.05, 0) is 94.8 Å². The first-order valence-corrected chi connectivity index (χ1v) is 21.7. The highest BCUT2D eigenvalue weighted by Gasteiger charge is 2.21. The Morgan fingerprint density at radius 1 is 0.515 bits per heavy atom.